The van der Waals surface area contributed by atoms with Crippen LogP contribution in [0.4, 0.5) is 0 Å². The van der Waals surface area contributed by atoms with E-state index in [1.165, 1.54) is 0 Å². The molecule has 1 N–H and O–H groups in total. The van der Waals surface area contributed by atoms with Crippen LogP contribution >= 0.6 is 11.3 Å². The lowest BCUT2D eigenvalue weighted by Crippen LogP contribution is -2.11. The van der Waals surface area contributed by atoms with Gasteiger partial charge in [-0.15, -0.1) is 11.3 Å². The summed E-state index contributed by atoms with van der Waals surface area (Å²) in [4.78, 5) is 4.49. The van der Waals surface area contributed by atoms with Crippen molar-refractivity contribution in [2.24, 2.45) is 0 Å². The second kappa shape index (κ2) is 4.59. The molecule has 0 fully saturated rings. The van der Waals surface area contributed by atoms with Crippen LogP contribution in [0.1, 0.15) is 17.7 Å². The Balaban J connectivity index is 2.13. The Morgan fingerprint density at radius 2 is 2.33 bits per heavy atom. The molecule has 0 amide bonds. The highest BCUT2D eigenvalue weighted by molar-refractivity contribution is 7.09. The maximum Gasteiger partial charge on any atom is 0.153 e. The summed E-state index contributed by atoms with van der Waals surface area (Å²) in [6.45, 7) is 5.83. The molecule has 0 aromatic carbocycles. The Morgan fingerprint density at radius 3 is 3.00 bits per heavy atom. The van der Waals surface area contributed by atoms with Gasteiger partial charge in [-0.25, -0.2) is 4.98 Å². The lowest BCUT2D eigenvalue weighted by Gasteiger charge is -1.94. The van der Waals surface area contributed by atoms with E-state index in [4.69, 9.17) is 4.42 Å². The zero-order valence-corrected chi connectivity index (χ0v) is 9.73. The van der Waals surface area contributed by atoms with Crippen molar-refractivity contribution in [1.82, 2.24) is 10.3 Å². The molecule has 0 atom stereocenters. The molecule has 15 heavy (non-hydrogen) atoms. The highest BCUT2D eigenvalue weighted by atomic mass is 32.1. The van der Waals surface area contributed by atoms with Gasteiger partial charge in [0.25, 0.3) is 0 Å². The van der Waals surface area contributed by atoms with Crippen molar-refractivity contribution >= 4 is 11.3 Å². The molecule has 0 aliphatic carbocycles. The fraction of sp³-hybridized carbons (Fsp3) is 0.364. The lowest BCUT2D eigenvalue weighted by atomic mass is 10.3. The number of hydrogen-bond donors (Lipinski definition) is 1. The first-order valence-corrected chi connectivity index (χ1v) is 5.89. The molecule has 0 spiro atoms. The van der Waals surface area contributed by atoms with Crippen LogP contribution < -0.4 is 5.32 Å². The van der Waals surface area contributed by atoms with E-state index in [0.29, 0.717) is 0 Å². The second-order valence-corrected chi connectivity index (χ2v) is 4.26. The number of nitrogens with zero attached hydrogens (tertiary/aromatic N) is 1. The first-order chi connectivity index (χ1) is 7.29. The van der Waals surface area contributed by atoms with Gasteiger partial charge in [0.15, 0.2) is 5.76 Å². The fourth-order valence-electron chi connectivity index (χ4n) is 1.31. The molecule has 0 bridgehead atoms. The summed E-state index contributed by atoms with van der Waals surface area (Å²) < 4.78 is 5.51. The Bertz CT molecular complexity index is 433. The largest absolute Gasteiger partial charge is 0.460 e. The third-order valence-corrected chi connectivity index (χ3v) is 2.92. The van der Waals surface area contributed by atoms with Crippen LogP contribution in [0.2, 0.25) is 0 Å². The van der Waals surface area contributed by atoms with Crippen LogP contribution in [-0.2, 0) is 6.54 Å². The van der Waals surface area contributed by atoms with Crippen molar-refractivity contribution in [1.29, 1.82) is 0 Å². The van der Waals surface area contributed by atoms with Gasteiger partial charge in [-0.3, -0.25) is 0 Å². The third-order valence-electron chi connectivity index (χ3n) is 2.07. The third kappa shape index (κ3) is 2.46. The van der Waals surface area contributed by atoms with Crippen LogP contribution in [0.3, 0.4) is 0 Å². The molecular formula is C11H14N2OS. The predicted molar refractivity (Wildman–Crippen MR) is 61.9 cm³/mol. The number of nitrogens with one attached hydrogen (secondary N) is 1. The first kappa shape index (κ1) is 10.4. The van der Waals surface area contributed by atoms with E-state index < -0.39 is 0 Å². The quantitative estimate of drug-likeness (QED) is 0.864. The van der Waals surface area contributed by atoms with E-state index in [9.17, 15) is 0 Å². The molecule has 0 saturated carbocycles. The predicted octanol–water partition coefficient (Wildman–Crippen LogP) is 2.82. The Labute approximate surface area is 93.2 Å². The lowest BCUT2D eigenvalue weighted by molar-refractivity contribution is 0.546. The average molecular weight is 222 g/mol. The molecule has 2 heterocycles. The van der Waals surface area contributed by atoms with Crippen LogP contribution in [-0.4, -0.2) is 11.5 Å². The van der Waals surface area contributed by atoms with Crippen molar-refractivity contribution in [3.05, 3.63) is 28.3 Å². The molecule has 2 aromatic heterocycles. The molecule has 80 valence electrons. The zero-order valence-electron chi connectivity index (χ0n) is 8.91. The standard InChI is InChI=1S/C11H14N2OS/c1-3-12-6-11-13-9(7-15-11)10-5-4-8(2)14-10/h4-5,7,12H,3,6H2,1-2H3. The van der Waals surface area contributed by atoms with Gasteiger partial charge in [0.05, 0.1) is 0 Å². The monoisotopic (exact) mass is 222 g/mol. The summed E-state index contributed by atoms with van der Waals surface area (Å²) in [7, 11) is 0. The Morgan fingerprint density at radius 1 is 1.47 bits per heavy atom. The first-order valence-electron chi connectivity index (χ1n) is 5.01. The van der Waals surface area contributed by atoms with Gasteiger partial charge >= 0.3 is 0 Å². The summed E-state index contributed by atoms with van der Waals surface area (Å²) in [6.07, 6.45) is 0. The normalized spacial score (nSPS) is 10.8. The zero-order chi connectivity index (χ0) is 10.7. The molecule has 0 aliphatic heterocycles. The van der Waals surface area contributed by atoms with Crippen LogP contribution in [0, 0.1) is 6.92 Å². The van der Waals surface area contributed by atoms with Gasteiger partial charge in [0.2, 0.25) is 0 Å². The average Bonchev–Trinajstić information content (AvgIpc) is 2.83. The summed E-state index contributed by atoms with van der Waals surface area (Å²) in [6, 6.07) is 3.92. The fourth-order valence-corrected chi connectivity index (χ4v) is 2.06. The molecule has 4 heteroatoms. The smallest absolute Gasteiger partial charge is 0.153 e. The van der Waals surface area contributed by atoms with E-state index in [0.717, 1.165) is 35.3 Å². The number of hydrogen-bond acceptors (Lipinski definition) is 4. The van der Waals surface area contributed by atoms with Gasteiger partial charge < -0.3 is 9.73 Å². The number of aromatic nitrogens is 1. The maximum atomic E-state index is 5.51. The SMILES string of the molecule is CCNCc1nc(-c2ccc(C)o2)cs1. The van der Waals surface area contributed by atoms with Crippen molar-refractivity contribution in [2.75, 3.05) is 6.54 Å². The van der Waals surface area contributed by atoms with Gasteiger partial charge in [0.1, 0.15) is 16.5 Å². The van der Waals surface area contributed by atoms with Crippen LogP contribution in [0.15, 0.2) is 21.9 Å². The van der Waals surface area contributed by atoms with Gasteiger partial charge in [-0.2, -0.15) is 0 Å². The summed E-state index contributed by atoms with van der Waals surface area (Å²) in [5.74, 6) is 1.78. The van der Waals surface area contributed by atoms with Crippen LogP contribution in [0.25, 0.3) is 11.5 Å². The maximum absolute atomic E-state index is 5.51. The molecule has 0 radical (unpaired) electrons. The minimum Gasteiger partial charge on any atom is -0.460 e. The van der Waals surface area contributed by atoms with Gasteiger partial charge in [-0.05, 0) is 25.6 Å². The molecular weight excluding hydrogens is 208 g/mol. The Hall–Kier alpha value is -1.13. The highest BCUT2D eigenvalue weighted by Crippen LogP contribution is 2.23. The van der Waals surface area contributed by atoms with Crippen molar-refractivity contribution in [3.8, 4) is 11.5 Å². The molecule has 0 aliphatic rings. The topological polar surface area (TPSA) is 38.1 Å². The second-order valence-electron chi connectivity index (χ2n) is 3.32. The van der Waals surface area contributed by atoms with Crippen molar-refractivity contribution in [2.45, 2.75) is 20.4 Å². The minimum atomic E-state index is 0.834. The Kier molecular flexibility index (Phi) is 3.18. The van der Waals surface area contributed by atoms with Gasteiger partial charge in [0, 0.05) is 11.9 Å². The summed E-state index contributed by atoms with van der Waals surface area (Å²) in [5.41, 5.74) is 0.931. The van der Waals surface area contributed by atoms with Crippen LogP contribution in [0.5, 0.6) is 0 Å². The van der Waals surface area contributed by atoms with E-state index in [1.54, 1.807) is 11.3 Å². The number of rotatable bonds is 4. The minimum absolute atomic E-state index is 0.834. The number of aryl methyl sites for hydroxylation is 1. The van der Waals surface area contributed by atoms with Gasteiger partial charge in [-0.1, -0.05) is 6.92 Å². The van der Waals surface area contributed by atoms with E-state index >= 15 is 0 Å². The molecule has 3 nitrogen and oxygen atoms in total. The highest BCUT2D eigenvalue weighted by Gasteiger charge is 2.07. The molecule has 0 unspecified atom stereocenters. The number of furan rings is 1. The molecule has 2 aromatic rings. The van der Waals surface area contributed by atoms with E-state index in [-0.39, 0.29) is 0 Å². The van der Waals surface area contributed by atoms with Crippen molar-refractivity contribution < 1.29 is 4.42 Å². The summed E-state index contributed by atoms with van der Waals surface area (Å²) >= 11 is 1.66. The summed E-state index contributed by atoms with van der Waals surface area (Å²) in [5, 5.41) is 6.38. The van der Waals surface area contributed by atoms with E-state index in [1.807, 2.05) is 24.4 Å². The number of thiazole rings is 1. The molecule has 2 rings (SSSR count). The molecule has 0 saturated heterocycles. The van der Waals surface area contributed by atoms with E-state index in [2.05, 4.69) is 17.2 Å². The van der Waals surface area contributed by atoms with Crippen molar-refractivity contribution in [3.63, 3.8) is 0 Å².